The molecule has 0 atom stereocenters. The molecule has 5 nitrogen and oxygen atoms in total. The normalized spacial score (nSPS) is 14.2. The zero-order valence-electron chi connectivity index (χ0n) is 10.5. The highest BCUT2D eigenvalue weighted by Crippen LogP contribution is 2.32. The molecule has 1 aliphatic rings. The van der Waals surface area contributed by atoms with Crippen molar-refractivity contribution in [1.82, 2.24) is 9.55 Å². The molecule has 0 bridgehead atoms. The van der Waals surface area contributed by atoms with Gasteiger partial charge in [-0.3, -0.25) is 19.1 Å². The van der Waals surface area contributed by atoms with Gasteiger partial charge in [-0.25, -0.2) is 4.98 Å². The monoisotopic (exact) mass is 355 g/mol. The molecule has 1 aromatic heterocycles. The van der Waals surface area contributed by atoms with Gasteiger partial charge in [0.05, 0.1) is 17.8 Å². The van der Waals surface area contributed by atoms with E-state index >= 15 is 0 Å². The van der Waals surface area contributed by atoms with Crippen LogP contribution in [-0.2, 0) is 11.3 Å². The standard InChI is InChI=1S/C13H8BrF2N3O2/c14-7-1-2-8-9(5-7)19(12(21)11(8)20)6-10-17-3-4-18(10)13(15)16/h1-5,13H,6H2. The summed E-state index contributed by atoms with van der Waals surface area (Å²) in [6.07, 6.45) is 2.36. The van der Waals surface area contributed by atoms with Crippen LogP contribution >= 0.6 is 15.9 Å². The van der Waals surface area contributed by atoms with Gasteiger partial charge >= 0.3 is 6.55 Å². The van der Waals surface area contributed by atoms with Crippen molar-refractivity contribution in [2.75, 3.05) is 4.90 Å². The molecule has 1 aromatic carbocycles. The number of aromatic nitrogens is 2. The fourth-order valence-corrected chi connectivity index (χ4v) is 2.56. The zero-order valence-corrected chi connectivity index (χ0v) is 12.0. The van der Waals surface area contributed by atoms with Crippen LogP contribution in [-0.4, -0.2) is 21.2 Å². The number of alkyl halides is 2. The smallest absolute Gasteiger partial charge is 0.297 e. The lowest BCUT2D eigenvalue weighted by Gasteiger charge is -2.17. The predicted octanol–water partition coefficient (Wildman–Crippen LogP) is 2.77. The summed E-state index contributed by atoms with van der Waals surface area (Å²) in [6.45, 7) is -2.94. The minimum absolute atomic E-state index is 0.0129. The number of hydrogen-bond donors (Lipinski definition) is 0. The Morgan fingerprint density at radius 2 is 2.05 bits per heavy atom. The first-order valence-corrected chi connectivity index (χ1v) is 6.74. The van der Waals surface area contributed by atoms with Gasteiger partial charge < -0.3 is 0 Å². The number of imidazole rings is 1. The van der Waals surface area contributed by atoms with Crippen LogP contribution in [0.15, 0.2) is 35.1 Å². The summed E-state index contributed by atoms with van der Waals surface area (Å²) >= 11 is 3.26. The number of carbonyl (C=O) groups excluding carboxylic acids is 2. The first-order valence-electron chi connectivity index (χ1n) is 5.94. The number of carbonyl (C=O) groups is 2. The van der Waals surface area contributed by atoms with E-state index in [1.807, 2.05) is 0 Å². The van der Waals surface area contributed by atoms with Crippen molar-refractivity contribution >= 4 is 33.3 Å². The number of anilines is 1. The minimum Gasteiger partial charge on any atom is -0.297 e. The summed E-state index contributed by atoms with van der Waals surface area (Å²) in [5.41, 5.74) is 0.654. The third-order valence-electron chi connectivity index (χ3n) is 3.19. The summed E-state index contributed by atoms with van der Waals surface area (Å²) in [6, 6.07) is 4.78. The average Bonchev–Trinajstić information content (AvgIpc) is 2.99. The maximum absolute atomic E-state index is 12.8. The number of benzene rings is 1. The molecule has 2 aromatic rings. The molecule has 3 rings (SSSR count). The molecule has 0 saturated heterocycles. The third kappa shape index (κ3) is 2.25. The van der Waals surface area contributed by atoms with Crippen LogP contribution in [0.3, 0.4) is 0 Å². The summed E-state index contributed by atoms with van der Waals surface area (Å²) in [5, 5.41) is 0. The average molecular weight is 356 g/mol. The molecule has 0 unspecified atom stereocenters. The van der Waals surface area contributed by atoms with Crippen LogP contribution in [0.1, 0.15) is 22.7 Å². The van der Waals surface area contributed by atoms with Crippen LogP contribution in [0.25, 0.3) is 0 Å². The Kier molecular flexibility index (Phi) is 3.32. The fourth-order valence-electron chi connectivity index (χ4n) is 2.21. The Labute approximate surface area is 126 Å². The molecule has 0 aliphatic carbocycles. The maximum atomic E-state index is 12.8. The van der Waals surface area contributed by atoms with Gasteiger partial charge in [0, 0.05) is 16.9 Å². The Morgan fingerprint density at radius 3 is 2.76 bits per heavy atom. The van der Waals surface area contributed by atoms with Gasteiger partial charge in [-0.15, -0.1) is 0 Å². The van der Waals surface area contributed by atoms with Crippen LogP contribution in [0, 0.1) is 0 Å². The molecule has 0 radical (unpaired) electrons. The molecule has 0 N–H and O–H groups in total. The minimum atomic E-state index is -2.75. The first kappa shape index (κ1) is 13.9. The predicted molar refractivity (Wildman–Crippen MR) is 73.1 cm³/mol. The van der Waals surface area contributed by atoms with E-state index in [1.165, 1.54) is 12.3 Å². The highest BCUT2D eigenvalue weighted by molar-refractivity contribution is 9.10. The Hall–Kier alpha value is -2.09. The van der Waals surface area contributed by atoms with Crippen molar-refractivity contribution in [3.63, 3.8) is 0 Å². The van der Waals surface area contributed by atoms with Crippen molar-refractivity contribution in [2.45, 2.75) is 13.1 Å². The number of nitrogens with zero attached hydrogens (tertiary/aromatic N) is 3. The molecular formula is C13H8BrF2N3O2. The molecular weight excluding hydrogens is 348 g/mol. The number of Topliss-reactive ketones (excluding diaryl/α,β-unsaturated/α-hetero) is 1. The first-order chi connectivity index (χ1) is 9.99. The zero-order chi connectivity index (χ0) is 15.1. The number of ketones is 1. The largest absolute Gasteiger partial charge is 0.319 e. The summed E-state index contributed by atoms with van der Waals surface area (Å²) < 4.78 is 27.0. The second-order valence-corrected chi connectivity index (χ2v) is 5.33. The van der Waals surface area contributed by atoms with Crippen molar-refractivity contribution in [1.29, 1.82) is 0 Å². The van der Waals surface area contributed by atoms with Gasteiger partial charge in [0.2, 0.25) is 0 Å². The number of hydrogen-bond acceptors (Lipinski definition) is 3. The van der Waals surface area contributed by atoms with E-state index in [9.17, 15) is 18.4 Å². The van der Waals surface area contributed by atoms with E-state index in [2.05, 4.69) is 20.9 Å². The Morgan fingerprint density at radius 1 is 1.29 bits per heavy atom. The second kappa shape index (κ2) is 5.03. The topological polar surface area (TPSA) is 55.2 Å². The molecule has 1 aliphatic heterocycles. The van der Waals surface area contributed by atoms with Crippen LogP contribution in [0.5, 0.6) is 0 Å². The van der Waals surface area contributed by atoms with Crippen LogP contribution in [0.2, 0.25) is 0 Å². The van der Waals surface area contributed by atoms with Gasteiger partial charge in [-0.1, -0.05) is 15.9 Å². The number of amides is 1. The van der Waals surface area contributed by atoms with Crippen molar-refractivity contribution in [3.8, 4) is 0 Å². The fraction of sp³-hybridized carbons (Fsp3) is 0.154. The third-order valence-corrected chi connectivity index (χ3v) is 3.69. The Balaban J connectivity index is 2.00. The molecule has 8 heteroatoms. The van der Waals surface area contributed by atoms with Gasteiger partial charge in [-0.05, 0) is 18.2 Å². The van der Waals surface area contributed by atoms with E-state index in [1.54, 1.807) is 12.1 Å². The van der Waals surface area contributed by atoms with E-state index in [4.69, 9.17) is 0 Å². The molecule has 2 heterocycles. The quantitative estimate of drug-likeness (QED) is 0.795. The SMILES string of the molecule is O=C1C(=O)N(Cc2nccn2C(F)F)c2cc(Br)ccc21. The lowest BCUT2D eigenvalue weighted by atomic mass is 10.1. The van der Waals surface area contributed by atoms with Gasteiger partial charge in [-0.2, -0.15) is 8.78 Å². The molecule has 1 amide bonds. The lowest BCUT2D eigenvalue weighted by molar-refractivity contribution is -0.114. The molecule has 0 fully saturated rings. The number of fused-ring (bicyclic) bond motifs is 1. The molecule has 21 heavy (non-hydrogen) atoms. The van der Waals surface area contributed by atoms with E-state index in [0.717, 1.165) is 11.1 Å². The van der Waals surface area contributed by atoms with E-state index in [-0.39, 0.29) is 17.9 Å². The number of halogens is 3. The van der Waals surface area contributed by atoms with E-state index in [0.29, 0.717) is 14.7 Å². The van der Waals surface area contributed by atoms with Crippen LogP contribution < -0.4 is 4.90 Å². The second-order valence-electron chi connectivity index (χ2n) is 4.41. The van der Waals surface area contributed by atoms with E-state index < -0.39 is 18.2 Å². The molecule has 0 saturated carbocycles. The van der Waals surface area contributed by atoms with Gasteiger partial charge in [0.1, 0.15) is 5.82 Å². The van der Waals surface area contributed by atoms with Crippen LogP contribution in [0.4, 0.5) is 14.5 Å². The highest BCUT2D eigenvalue weighted by Gasteiger charge is 2.36. The molecule has 108 valence electrons. The Bertz CT molecular complexity index is 745. The van der Waals surface area contributed by atoms with Crippen molar-refractivity contribution in [2.24, 2.45) is 0 Å². The summed E-state index contributed by atoms with van der Waals surface area (Å²) in [4.78, 5) is 28.9. The van der Waals surface area contributed by atoms with Crippen molar-refractivity contribution in [3.05, 3.63) is 46.5 Å². The maximum Gasteiger partial charge on any atom is 0.319 e. The van der Waals surface area contributed by atoms with Gasteiger partial charge in [0.15, 0.2) is 0 Å². The van der Waals surface area contributed by atoms with Gasteiger partial charge in [0.25, 0.3) is 11.7 Å². The number of rotatable bonds is 3. The summed E-state index contributed by atoms with van der Waals surface area (Å²) in [5.74, 6) is -1.38. The lowest BCUT2D eigenvalue weighted by Crippen LogP contribution is -2.30. The molecule has 0 spiro atoms. The summed E-state index contributed by atoms with van der Waals surface area (Å²) in [7, 11) is 0. The highest BCUT2D eigenvalue weighted by atomic mass is 79.9. The van der Waals surface area contributed by atoms with Crippen molar-refractivity contribution < 1.29 is 18.4 Å².